The Morgan fingerprint density at radius 3 is 2.61 bits per heavy atom. The molecule has 4 heteroatoms. The molecular weight excluding hydrogens is 266 g/mol. The molecular formula is C14H10ClNOS. The van der Waals surface area contributed by atoms with Crippen LogP contribution in [-0.4, -0.2) is 5.91 Å². The number of fused-ring (bicyclic) bond motifs is 2. The molecule has 90 valence electrons. The molecule has 2 aromatic rings. The zero-order valence-electron chi connectivity index (χ0n) is 9.68. The topological polar surface area (TPSA) is 20.3 Å². The van der Waals surface area contributed by atoms with E-state index in [0.717, 1.165) is 21.2 Å². The second kappa shape index (κ2) is 4.34. The molecule has 0 spiro atoms. The van der Waals surface area contributed by atoms with Crippen molar-refractivity contribution >= 4 is 40.6 Å². The number of carbonyl (C=O) groups is 1. The fraction of sp³-hybridized carbons (Fsp3) is 0.0714. The van der Waals surface area contributed by atoms with Crippen molar-refractivity contribution in [1.82, 2.24) is 0 Å². The average Bonchev–Trinajstić information content (AvgIpc) is 2.35. The first kappa shape index (κ1) is 11.6. The first-order valence-electron chi connectivity index (χ1n) is 5.54. The molecule has 18 heavy (non-hydrogen) atoms. The van der Waals surface area contributed by atoms with Crippen molar-refractivity contribution in [1.29, 1.82) is 0 Å². The van der Waals surface area contributed by atoms with E-state index < -0.39 is 0 Å². The summed E-state index contributed by atoms with van der Waals surface area (Å²) in [5.74, 6) is 0.00585. The first-order valence-corrected chi connectivity index (χ1v) is 6.73. The van der Waals surface area contributed by atoms with Crippen LogP contribution in [0.4, 0.5) is 11.4 Å². The molecule has 0 unspecified atom stereocenters. The molecule has 0 saturated carbocycles. The van der Waals surface area contributed by atoms with Gasteiger partial charge in [0.05, 0.1) is 11.4 Å². The van der Waals surface area contributed by atoms with Crippen LogP contribution in [0.3, 0.4) is 0 Å². The average molecular weight is 276 g/mol. The standard InChI is InChI=1S/C14H10ClNOS/c1-9(17)16-11-4-2-3-5-13(11)18-14-8-10(15)6-7-12(14)16/h2-8H,1H3. The van der Waals surface area contributed by atoms with Crippen LogP contribution in [0.25, 0.3) is 0 Å². The fourth-order valence-electron chi connectivity index (χ4n) is 2.07. The van der Waals surface area contributed by atoms with Gasteiger partial charge >= 0.3 is 0 Å². The summed E-state index contributed by atoms with van der Waals surface area (Å²) in [4.78, 5) is 15.7. The molecule has 0 radical (unpaired) electrons. The number of rotatable bonds is 0. The van der Waals surface area contributed by atoms with Crippen LogP contribution in [-0.2, 0) is 4.79 Å². The molecule has 0 fully saturated rings. The van der Waals surface area contributed by atoms with Crippen molar-refractivity contribution in [2.24, 2.45) is 0 Å². The van der Waals surface area contributed by atoms with Crippen LogP contribution in [0.5, 0.6) is 0 Å². The molecule has 2 aromatic carbocycles. The van der Waals surface area contributed by atoms with E-state index in [1.54, 1.807) is 23.6 Å². The van der Waals surface area contributed by atoms with E-state index in [4.69, 9.17) is 11.6 Å². The van der Waals surface area contributed by atoms with E-state index >= 15 is 0 Å². The van der Waals surface area contributed by atoms with E-state index in [1.807, 2.05) is 42.5 Å². The van der Waals surface area contributed by atoms with Gasteiger partial charge in [-0.2, -0.15) is 0 Å². The Bertz CT molecular complexity index is 641. The maximum absolute atomic E-state index is 11.9. The number of nitrogens with zero attached hydrogens (tertiary/aromatic N) is 1. The number of hydrogen-bond acceptors (Lipinski definition) is 2. The number of carbonyl (C=O) groups excluding carboxylic acids is 1. The minimum absolute atomic E-state index is 0.00585. The highest BCUT2D eigenvalue weighted by Gasteiger charge is 2.25. The van der Waals surface area contributed by atoms with Crippen LogP contribution >= 0.6 is 23.4 Å². The molecule has 3 rings (SSSR count). The Morgan fingerprint density at radius 1 is 1.11 bits per heavy atom. The third kappa shape index (κ3) is 1.80. The fourth-order valence-corrected chi connectivity index (χ4v) is 3.40. The minimum atomic E-state index is 0.00585. The molecule has 2 nitrogen and oxygen atoms in total. The number of hydrogen-bond donors (Lipinski definition) is 0. The van der Waals surface area contributed by atoms with Gasteiger partial charge in [0.25, 0.3) is 0 Å². The second-order valence-electron chi connectivity index (χ2n) is 4.04. The van der Waals surface area contributed by atoms with Crippen LogP contribution in [0.2, 0.25) is 5.02 Å². The molecule has 0 aliphatic carbocycles. The van der Waals surface area contributed by atoms with Gasteiger partial charge in [-0.3, -0.25) is 9.69 Å². The van der Waals surface area contributed by atoms with Crippen molar-refractivity contribution in [3.63, 3.8) is 0 Å². The smallest absolute Gasteiger partial charge is 0.228 e. The monoisotopic (exact) mass is 275 g/mol. The number of anilines is 2. The van der Waals surface area contributed by atoms with E-state index in [2.05, 4.69) is 0 Å². The highest BCUT2D eigenvalue weighted by molar-refractivity contribution is 7.99. The summed E-state index contributed by atoms with van der Waals surface area (Å²) >= 11 is 7.65. The third-order valence-corrected chi connectivity index (χ3v) is 4.15. The molecule has 1 aliphatic heterocycles. The summed E-state index contributed by atoms with van der Waals surface area (Å²) in [5, 5.41) is 0.684. The summed E-state index contributed by atoms with van der Waals surface area (Å²) in [5.41, 5.74) is 1.83. The van der Waals surface area contributed by atoms with Crippen LogP contribution in [0.15, 0.2) is 52.3 Å². The van der Waals surface area contributed by atoms with Crippen molar-refractivity contribution in [3.8, 4) is 0 Å². The number of benzene rings is 2. The Hall–Kier alpha value is -1.45. The lowest BCUT2D eigenvalue weighted by atomic mass is 10.2. The van der Waals surface area contributed by atoms with Crippen LogP contribution in [0.1, 0.15) is 6.92 Å². The minimum Gasteiger partial charge on any atom is -0.279 e. The summed E-state index contributed by atoms with van der Waals surface area (Å²) in [7, 11) is 0. The molecule has 1 aliphatic rings. The zero-order valence-corrected chi connectivity index (χ0v) is 11.3. The molecule has 1 amide bonds. The normalized spacial score (nSPS) is 12.9. The van der Waals surface area contributed by atoms with Crippen molar-refractivity contribution in [3.05, 3.63) is 47.5 Å². The van der Waals surface area contributed by atoms with Gasteiger partial charge in [-0.05, 0) is 30.3 Å². The summed E-state index contributed by atoms with van der Waals surface area (Å²) in [6.45, 7) is 1.57. The molecule has 0 aromatic heterocycles. The van der Waals surface area contributed by atoms with Gasteiger partial charge in [0.15, 0.2) is 0 Å². The summed E-state index contributed by atoms with van der Waals surface area (Å²) < 4.78 is 0. The summed E-state index contributed by atoms with van der Waals surface area (Å²) in [6.07, 6.45) is 0. The van der Waals surface area contributed by atoms with Gasteiger partial charge < -0.3 is 0 Å². The highest BCUT2D eigenvalue weighted by atomic mass is 35.5. The predicted molar refractivity (Wildman–Crippen MR) is 74.8 cm³/mol. The lowest BCUT2D eigenvalue weighted by Gasteiger charge is -2.30. The van der Waals surface area contributed by atoms with Crippen molar-refractivity contribution < 1.29 is 4.79 Å². The van der Waals surface area contributed by atoms with Gasteiger partial charge in [-0.25, -0.2) is 0 Å². The lowest BCUT2D eigenvalue weighted by Crippen LogP contribution is -2.25. The molecule has 0 N–H and O–H groups in total. The van der Waals surface area contributed by atoms with Gasteiger partial charge in [0, 0.05) is 21.7 Å². The van der Waals surface area contributed by atoms with Crippen molar-refractivity contribution in [2.45, 2.75) is 16.7 Å². The molecule has 0 atom stereocenters. The van der Waals surface area contributed by atoms with Gasteiger partial charge in [-0.15, -0.1) is 0 Å². The largest absolute Gasteiger partial charge is 0.279 e. The molecule has 0 bridgehead atoms. The Morgan fingerprint density at radius 2 is 1.83 bits per heavy atom. The van der Waals surface area contributed by atoms with Gasteiger partial charge in [0.2, 0.25) is 5.91 Å². The van der Waals surface area contributed by atoms with Crippen LogP contribution in [0, 0.1) is 0 Å². The van der Waals surface area contributed by atoms with Gasteiger partial charge in [-0.1, -0.05) is 35.5 Å². The van der Waals surface area contributed by atoms with Crippen LogP contribution < -0.4 is 4.90 Å². The summed E-state index contributed by atoms with van der Waals surface area (Å²) in [6, 6.07) is 13.5. The predicted octanol–water partition coefficient (Wildman–Crippen LogP) is 4.49. The van der Waals surface area contributed by atoms with E-state index in [1.165, 1.54) is 0 Å². The maximum atomic E-state index is 11.9. The van der Waals surface area contributed by atoms with E-state index in [9.17, 15) is 4.79 Å². The zero-order chi connectivity index (χ0) is 12.7. The number of halogens is 1. The van der Waals surface area contributed by atoms with E-state index in [-0.39, 0.29) is 5.91 Å². The van der Waals surface area contributed by atoms with Crippen molar-refractivity contribution in [2.75, 3.05) is 4.90 Å². The van der Waals surface area contributed by atoms with Gasteiger partial charge in [0.1, 0.15) is 0 Å². The Balaban J connectivity index is 2.23. The number of amides is 1. The van der Waals surface area contributed by atoms with E-state index in [0.29, 0.717) is 5.02 Å². The second-order valence-corrected chi connectivity index (χ2v) is 5.56. The molecule has 1 heterocycles. The Kier molecular flexibility index (Phi) is 2.80. The quantitative estimate of drug-likeness (QED) is 0.706. The third-order valence-electron chi connectivity index (χ3n) is 2.80. The highest BCUT2D eigenvalue weighted by Crippen LogP contribution is 2.48. The molecule has 0 saturated heterocycles. The first-order chi connectivity index (χ1) is 8.66. The number of para-hydroxylation sites is 1. The lowest BCUT2D eigenvalue weighted by molar-refractivity contribution is -0.115. The SMILES string of the molecule is CC(=O)N1c2ccccc2Sc2cc(Cl)ccc21. The Labute approximate surface area is 115 Å². The maximum Gasteiger partial charge on any atom is 0.228 e.